The number of hydrogen-bond acceptors (Lipinski definition) is 1. The number of hydrogen-bond donors (Lipinski definition) is 0. The molecule has 0 fully saturated rings. The van der Waals surface area contributed by atoms with Crippen molar-refractivity contribution in [1.82, 2.24) is 0 Å². The molecule has 2 rings (SSSR count). The average Bonchev–Trinajstić information content (AvgIpc) is 2.45. The van der Waals surface area contributed by atoms with E-state index in [0.29, 0.717) is 10.0 Å². The highest BCUT2D eigenvalue weighted by molar-refractivity contribution is 6.36. The summed E-state index contributed by atoms with van der Waals surface area (Å²) >= 11 is 12.3. The molecule has 0 saturated carbocycles. The molecule has 20 heavy (non-hydrogen) atoms. The predicted octanol–water partition coefficient (Wildman–Crippen LogP) is 5.43. The first-order valence-electron chi connectivity index (χ1n) is 6.36. The number of aldehydes is 1. The molecule has 2 aromatic carbocycles. The zero-order valence-corrected chi connectivity index (χ0v) is 12.6. The van der Waals surface area contributed by atoms with Crippen LogP contribution in [0.4, 0.5) is 0 Å². The summed E-state index contributed by atoms with van der Waals surface area (Å²) in [6.07, 6.45) is 4.83. The summed E-state index contributed by atoms with van der Waals surface area (Å²) in [6.45, 7) is 2.11. The van der Waals surface area contributed by atoms with Crippen molar-refractivity contribution in [2.45, 2.75) is 13.3 Å². The van der Waals surface area contributed by atoms with Crippen LogP contribution >= 0.6 is 23.2 Å². The molecule has 0 aliphatic heterocycles. The molecular formula is C17H14Cl2O. The molecular weight excluding hydrogens is 291 g/mol. The van der Waals surface area contributed by atoms with Crippen LogP contribution in [-0.2, 0) is 11.2 Å². The number of carbonyl (C=O) groups excluding carboxylic acids is 1. The molecule has 0 saturated heterocycles. The van der Waals surface area contributed by atoms with Crippen LogP contribution < -0.4 is 0 Å². The average molecular weight is 305 g/mol. The zero-order valence-electron chi connectivity index (χ0n) is 11.1. The van der Waals surface area contributed by atoms with Gasteiger partial charge < -0.3 is 0 Å². The molecule has 102 valence electrons. The lowest BCUT2D eigenvalue weighted by Gasteiger charge is -2.10. The van der Waals surface area contributed by atoms with E-state index in [2.05, 4.69) is 19.1 Å². The normalized spacial score (nSPS) is 10.9. The van der Waals surface area contributed by atoms with E-state index in [1.807, 2.05) is 18.2 Å². The Morgan fingerprint density at radius 1 is 1.15 bits per heavy atom. The van der Waals surface area contributed by atoms with Crippen molar-refractivity contribution < 1.29 is 4.79 Å². The second-order valence-corrected chi connectivity index (χ2v) is 5.24. The Labute approximate surface area is 128 Å². The Kier molecular flexibility index (Phi) is 4.99. The quantitative estimate of drug-likeness (QED) is 0.543. The fourth-order valence-electron chi connectivity index (χ4n) is 2.09. The Hall–Kier alpha value is -1.57. The number of allylic oxidation sites excluding steroid dienone is 1. The molecule has 0 atom stereocenters. The van der Waals surface area contributed by atoms with Crippen molar-refractivity contribution in [3.8, 4) is 11.1 Å². The van der Waals surface area contributed by atoms with E-state index >= 15 is 0 Å². The van der Waals surface area contributed by atoms with Crippen molar-refractivity contribution in [2.75, 3.05) is 0 Å². The molecule has 0 N–H and O–H groups in total. The van der Waals surface area contributed by atoms with Gasteiger partial charge in [-0.05, 0) is 47.4 Å². The van der Waals surface area contributed by atoms with Crippen LogP contribution in [0.5, 0.6) is 0 Å². The smallest absolute Gasteiger partial charge is 0.142 e. The Morgan fingerprint density at radius 2 is 1.95 bits per heavy atom. The maximum absolute atomic E-state index is 10.5. The van der Waals surface area contributed by atoms with Crippen LogP contribution in [0.3, 0.4) is 0 Å². The van der Waals surface area contributed by atoms with Crippen LogP contribution in [0.2, 0.25) is 10.0 Å². The van der Waals surface area contributed by atoms with Gasteiger partial charge in [0.15, 0.2) is 0 Å². The lowest BCUT2D eigenvalue weighted by Crippen LogP contribution is -1.88. The van der Waals surface area contributed by atoms with Crippen molar-refractivity contribution in [3.05, 3.63) is 63.6 Å². The number of halogens is 2. The highest BCUT2D eigenvalue weighted by atomic mass is 35.5. The summed E-state index contributed by atoms with van der Waals surface area (Å²) in [5, 5.41) is 1.11. The molecule has 0 amide bonds. The van der Waals surface area contributed by atoms with E-state index in [4.69, 9.17) is 23.2 Å². The first-order chi connectivity index (χ1) is 9.65. The lowest BCUT2D eigenvalue weighted by molar-refractivity contribution is -0.104. The van der Waals surface area contributed by atoms with Gasteiger partial charge in [0, 0.05) is 15.6 Å². The number of carbonyl (C=O) groups is 1. The SMILES string of the molecule is CCc1cccc(-c2cc(Cl)cc(Cl)c2/C=C/C=O)c1. The van der Waals surface area contributed by atoms with E-state index in [1.54, 1.807) is 12.1 Å². The van der Waals surface area contributed by atoms with Gasteiger partial charge in [0.2, 0.25) is 0 Å². The molecule has 2 aromatic rings. The van der Waals surface area contributed by atoms with Crippen molar-refractivity contribution in [1.29, 1.82) is 0 Å². The van der Waals surface area contributed by atoms with Gasteiger partial charge >= 0.3 is 0 Å². The number of rotatable bonds is 4. The molecule has 0 heterocycles. The van der Waals surface area contributed by atoms with Gasteiger partial charge in [0.25, 0.3) is 0 Å². The minimum absolute atomic E-state index is 0.535. The Balaban J connectivity index is 2.64. The fraction of sp³-hybridized carbons (Fsp3) is 0.118. The summed E-state index contributed by atoms with van der Waals surface area (Å²) in [4.78, 5) is 10.5. The van der Waals surface area contributed by atoms with Gasteiger partial charge in [-0.15, -0.1) is 0 Å². The third-order valence-corrected chi connectivity index (χ3v) is 3.61. The molecule has 0 aliphatic carbocycles. The Bertz CT molecular complexity index is 660. The maximum atomic E-state index is 10.5. The highest BCUT2D eigenvalue weighted by Crippen LogP contribution is 2.34. The van der Waals surface area contributed by atoms with Crippen molar-refractivity contribution >= 4 is 35.6 Å². The topological polar surface area (TPSA) is 17.1 Å². The molecule has 0 aliphatic rings. The molecule has 0 spiro atoms. The van der Waals surface area contributed by atoms with Gasteiger partial charge in [-0.25, -0.2) is 0 Å². The maximum Gasteiger partial charge on any atom is 0.142 e. The summed E-state index contributed by atoms with van der Waals surface area (Å²) in [5.41, 5.74) is 4.01. The second kappa shape index (κ2) is 6.74. The second-order valence-electron chi connectivity index (χ2n) is 4.40. The summed E-state index contributed by atoms with van der Waals surface area (Å²) in [7, 11) is 0. The van der Waals surface area contributed by atoms with Crippen molar-refractivity contribution in [2.24, 2.45) is 0 Å². The molecule has 3 heteroatoms. The van der Waals surface area contributed by atoms with Crippen molar-refractivity contribution in [3.63, 3.8) is 0 Å². The summed E-state index contributed by atoms with van der Waals surface area (Å²) in [6, 6.07) is 11.8. The lowest BCUT2D eigenvalue weighted by atomic mass is 9.97. The first kappa shape index (κ1) is 14.8. The van der Waals surface area contributed by atoms with Crippen LogP contribution in [-0.4, -0.2) is 6.29 Å². The van der Waals surface area contributed by atoms with Gasteiger partial charge in [0.05, 0.1) is 0 Å². The molecule has 0 aromatic heterocycles. The van der Waals surface area contributed by atoms with E-state index in [0.717, 1.165) is 29.4 Å². The molecule has 0 radical (unpaired) electrons. The number of benzene rings is 2. The van der Waals surface area contributed by atoms with Gasteiger partial charge in [0.1, 0.15) is 6.29 Å². The monoisotopic (exact) mass is 304 g/mol. The van der Waals surface area contributed by atoms with Gasteiger partial charge in [-0.1, -0.05) is 54.4 Å². The minimum Gasteiger partial charge on any atom is -0.299 e. The summed E-state index contributed by atoms with van der Waals surface area (Å²) < 4.78 is 0. The van der Waals surface area contributed by atoms with Crippen LogP contribution in [0.25, 0.3) is 17.2 Å². The third kappa shape index (κ3) is 3.30. The van der Waals surface area contributed by atoms with E-state index in [-0.39, 0.29) is 0 Å². The summed E-state index contributed by atoms with van der Waals surface area (Å²) in [5.74, 6) is 0. The minimum atomic E-state index is 0.535. The molecule has 0 bridgehead atoms. The molecule has 1 nitrogen and oxygen atoms in total. The van der Waals surface area contributed by atoms with E-state index in [1.165, 1.54) is 11.6 Å². The van der Waals surface area contributed by atoms with E-state index in [9.17, 15) is 4.79 Å². The highest BCUT2D eigenvalue weighted by Gasteiger charge is 2.09. The molecule has 0 unspecified atom stereocenters. The largest absolute Gasteiger partial charge is 0.299 e. The van der Waals surface area contributed by atoms with Crippen LogP contribution in [0.1, 0.15) is 18.1 Å². The van der Waals surface area contributed by atoms with Crippen LogP contribution in [0.15, 0.2) is 42.5 Å². The van der Waals surface area contributed by atoms with E-state index < -0.39 is 0 Å². The van der Waals surface area contributed by atoms with Gasteiger partial charge in [-0.3, -0.25) is 4.79 Å². The standard InChI is InChI=1S/C17H14Cl2O/c1-2-12-5-3-6-13(9-12)16-10-14(18)11-17(19)15(16)7-4-8-20/h3-11H,2H2,1H3/b7-4+. The fourth-order valence-corrected chi connectivity index (χ4v) is 2.64. The predicted molar refractivity (Wildman–Crippen MR) is 86.4 cm³/mol. The zero-order chi connectivity index (χ0) is 14.5. The van der Waals surface area contributed by atoms with Gasteiger partial charge in [-0.2, -0.15) is 0 Å². The Morgan fingerprint density at radius 3 is 2.65 bits per heavy atom. The van der Waals surface area contributed by atoms with Crippen LogP contribution in [0, 0.1) is 0 Å². The third-order valence-electron chi connectivity index (χ3n) is 3.08. The first-order valence-corrected chi connectivity index (χ1v) is 7.11. The number of aryl methyl sites for hydroxylation is 1.